The molecule has 0 aromatic heterocycles. The van der Waals surface area contributed by atoms with Crippen molar-refractivity contribution in [1.29, 1.82) is 0 Å². The lowest BCUT2D eigenvalue weighted by atomic mass is 10.2. The molecular formula is C22H19ClINO4S. The van der Waals surface area contributed by atoms with Crippen molar-refractivity contribution in [3.63, 3.8) is 0 Å². The molecule has 3 rings (SSSR count). The van der Waals surface area contributed by atoms with Crippen molar-refractivity contribution in [3.05, 3.63) is 80.4 Å². The lowest BCUT2D eigenvalue weighted by Crippen LogP contribution is -2.12. The molecule has 0 unspecified atom stereocenters. The highest BCUT2D eigenvalue weighted by molar-refractivity contribution is 14.1. The molecule has 3 aromatic rings. The molecule has 0 fully saturated rings. The topological polar surface area (TPSA) is 65.0 Å². The molecule has 0 amide bonds. The number of ether oxygens (including phenoxy) is 1. The van der Waals surface area contributed by atoms with Crippen LogP contribution in [0, 0.1) is 10.5 Å². The number of hydrogen-bond donors (Lipinski definition) is 0. The Balaban J connectivity index is 1.96. The Morgan fingerprint density at radius 3 is 2.53 bits per heavy atom. The number of aliphatic imine (C=N–C) groups is 1. The van der Waals surface area contributed by atoms with Crippen molar-refractivity contribution in [2.75, 3.05) is 6.61 Å². The van der Waals surface area contributed by atoms with Crippen LogP contribution in [0.5, 0.6) is 11.5 Å². The third-order valence-corrected chi connectivity index (χ3v) is 6.35. The Morgan fingerprint density at radius 2 is 1.83 bits per heavy atom. The molecular weight excluding hydrogens is 537 g/mol. The molecule has 0 aliphatic rings. The zero-order valence-corrected chi connectivity index (χ0v) is 20.0. The van der Waals surface area contributed by atoms with Gasteiger partial charge in [0.15, 0.2) is 11.5 Å². The molecule has 0 heterocycles. The molecule has 8 heteroatoms. The number of aryl methyl sites for hydroxylation is 1. The van der Waals surface area contributed by atoms with Crippen LogP contribution in [0.1, 0.15) is 18.1 Å². The molecule has 0 aliphatic carbocycles. The minimum Gasteiger partial charge on any atom is -0.490 e. The van der Waals surface area contributed by atoms with Crippen molar-refractivity contribution >= 4 is 56.2 Å². The molecule has 0 N–H and O–H groups in total. The lowest BCUT2D eigenvalue weighted by Gasteiger charge is -2.14. The van der Waals surface area contributed by atoms with E-state index in [1.165, 1.54) is 12.1 Å². The highest BCUT2D eigenvalue weighted by atomic mass is 127. The van der Waals surface area contributed by atoms with Crippen molar-refractivity contribution < 1.29 is 17.3 Å². The van der Waals surface area contributed by atoms with Gasteiger partial charge in [0.2, 0.25) is 0 Å². The first-order valence-electron chi connectivity index (χ1n) is 9.06. The third kappa shape index (κ3) is 5.53. The number of nitrogens with zero attached hydrogens (tertiary/aromatic N) is 1. The fourth-order valence-corrected chi connectivity index (χ4v) is 4.65. The summed E-state index contributed by atoms with van der Waals surface area (Å²) in [6.07, 6.45) is 1.68. The van der Waals surface area contributed by atoms with E-state index in [2.05, 4.69) is 4.99 Å². The average molecular weight is 556 g/mol. The number of benzene rings is 3. The molecule has 0 saturated heterocycles. The molecule has 0 bridgehead atoms. The van der Waals surface area contributed by atoms with E-state index >= 15 is 0 Å². The quantitative estimate of drug-likeness (QED) is 0.199. The van der Waals surface area contributed by atoms with Crippen molar-refractivity contribution in [3.8, 4) is 11.5 Å². The molecule has 0 spiro atoms. The number of rotatable bonds is 7. The Hall–Kier alpha value is -2.10. The SMILES string of the molecule is CCOc1cc(C=Nc2cc(Cl)ccc2C)cc(I)c1OS(=O)(=O)c1ccccc1. The average Bonchev–Trinajstić information content (AvgIpc) is 2.72. The summed E-state index contributed by atoms with van der Waals surface area (Å²) in [6.45, 7) is 4.12. The van der Waals surface area contributed by atoms with Gasteiger partial charge in [0.25, 0.3) is 0 Å². The second-order valence-electron chi connectivity index (χ2n) is 6.30. The van der Waals surface area contributed by atoms with E-state index in [1.807, 2.05) is 48.6 Å². The van der Waals surface area contributed by atoms with Gasteiger partial charge in [-0.05, 0) is 84.0 Å². The van der Waals surface area contributed by atoms with Gasteiger partial charge < -0.3 is 8.92 Å². The van der Waals surface area contributed by atoms with E-state index in [4.69, 9.17) is 20.5 Å². The second kappa shape index (κ2) is 9.80. The van der Waals surface area contributed by atoms with Crippen molar-refractivity contribution in [2.24, 2.45) is 4.99 Å². The highest BCUT2D eigenvalue weighted by Crippen LogP contribution is 2.36. The van der Waals surface area contributed by atoms with Crippen LogP contribution < -0.4 is 8.92 Å². The maximum Gasteiger partial charge on any atom is 0.339 e. The van der Waals surface area contributed by atoms with Gasteiger partial charge in [0, 0.05) is 11.2 Å². The van der Waals surface area contributed by atoms with Crippen LogP contribution in [0.2, 0.25) is 5.02 Å². The smallest absolute Gasteiger partial charge is 0.339 e. The van der Waals surface area contributed by atoms with E-state index in [-0.39, 0.29) is 10.6 Å². The van der Waals surface area contributed by atoms with Gasteiger partial charge in [-0.1, -0.05) is 35.9 Å². The number of halogens is 2. The summed E-state index contributed by atoms with van der Waals surface area (Å²) in [5.41, 5.74) is 2.48. The van der Waals surface area contributed by atoms with E-state index in [0.29, 0.717) is 20.9 Å². The van der Waals surface area contributed by atoms with Gasteiger partial charge in [0.05, 0.1) is 15.9 Å². The van der Waals surface area contributed by atoms with E-state index in [1.54, 1.807) is 42.6 Å². The maximum absolute atomic E-state index is 12.7. The van der Waals surface area contributed by atoms with E-state index in [0.717, 1.165) is 16.8 Å². The first kappa shape index (κ1) is 22.6. The largest absolute Gasteiger partial charge is 0.490 e. The predicted octanol–water partition coefficient (Wildman–Crippen LogP) is 6.17. The second-order valence-corrected chi connectivity index (χ2v) is 9.45. The first-order valence-corrected chi connectivity index (χ1v) is 11.9. The van der Waals surface area contributed by atoms with Crippen molar-refractivity contribution in [2.45, 2.75) is 18.7 Å². The van der Waals surface area contributed by atoms with Gasteiger partial charge in [-0.25, -0.2) is 0 Å². The third-order valence-electron chi connectivity index (χ3n) is 4.08. The van der Waals surface area contributed by atoms with Crippen LogP contribution in [-0.4, -0.2) is 21.2 Å². The zero-order valence-electron chi connectivity index (χ0n) is 16.3. The molecule has 0 aliphatic heterocycles. The summed E-state index contributed by atoms with van der Waals surface area (Å²) in [5, 5.41) is 0.604. The minimum atomic E-state index is -3.99. The standard InChI is InChI=1S/C22H19ClINO4S/c1-3-28-21-12-16(14-25-20-13-17(23)10-9-15(20)2)11-19(24)22(21)29-30(26,27)18-7-5-4-6-8-18/h4-14H,3H2,1-2H3. The summed E-state index contributed by atoms with van der Waals surface area (Å²) in [5.74, 6) is 0.477. The summed E-state index contributed by atoms with van der Waals surface area (Å²) < 4.78 is 37.0. The van der Waals surface area contributed by atoms with Crippen LogP contribution in [0.25, 0.3) is 0 Å². The molecule has 3 aromatic carbocycles. The summed E-state index contributed by atoms with van der Waals surface area (Å²) in [6, 6.07) is 17.0. The molecule has 5 nitrogen and oxygen atoms in total. The molecule has 0 radical (unpaired) electrons. The summed E-state index contributed by atoms with van der Waals surface area (Å²) in [4.78, 5) is 4.58. The zero-order chi connectivity index (χ0) is 21.7. The Bertz CT molecular complexity index is 1180. The first-order chi connectivity index (χ1) is 14.3. The van der Waals surface area contributed by atoms with Crippen LogP contribution in [-0.2, 0) is 10.1 Å². The van der Waals surface area contributed by atoms with Gasteiger partial charge in [-0.15, -0.1) is 0 Å². The van der Waals surface area contributed by atoms with Gasteiger partial charge in [0.1, 0.15) is 4.90 Å². The van der Waals surface area contributed by atoms with Gasteiger partial charge in [-0.3, -0.25) is 4.99 Å². The lowest BCUT2D eigenvalue weighted by molar-refractivity contribution is 0.327. The highest BCUT2D eigenvalue weighted by Gasteiger charge is 2.21. The van der Waals surface area contributed by atoms with Crippen LogP contribution in [0.4, 0.5) is 5.69 Å². The molecule has 30 heavy (non-hydrogen) atoms. The molecule has 0 atom stereocenters. The number of hydrogen-bond acceptors (Lipinski definition) is 5. The maximum atomic E-state index is 12.7. The normalized spacial score (nSPS) is 11.6. The van der Waals surface area contributed by atoms with Crippen LogP contribution in [0.3, 0.4) is 0 Å². The van der Waals surface area contributed by atoms with Crippen LogP contribution >= 0.6 is 34.2 Å². The van der Waals surface area contributed by atoms with E-state index < -0.39 is 10.1 Å². The van der Waals surface area contributed by atoms with E-state index in [9.17, 15) is 8.42 Å². The fourth-order valence-electron chi connectivity index (χ4n) is 2.62. The summed E-state index contributed by atoms with van der Waals surface area (Å²) >= 11 is 8.08. The summed E-state index contributed by atoms with van der Waals surface area (Å²) in [7, 11) is -3.99. The Kier molecular flexibility index (Phi) is 7.38. The predicted molar refractivity (Wildman–Crippen MR) is 128 cm³/mol. The monoisotopic (exact) mass is 555 g/mol. The van der Waals surface area contributed by atoms with Crippen LogP contribution in [0.15, 0.2) is 70.6 Å². The van der Waals surface area contributed by atoms with Crippen molar-refractivity contribution in [1.82, 2.24) is 0 Å². The molecule has 0 saturated carbocycles. The minimum absolute atomic E-state index is 0.0744. The Morgan fingerprint density at radius 1 is 1.10 bits per heavy atom. The molecule has 156 valence electrons. The Labute approximate surface area is 195 Å². The van der Waals surface area contributed by atoms with Gasteiger partial charge >= 0.3 is 10.1 Å². The van der Waals surface area contributed by atoms with Gasteiger partial charge in [-0.2, -0.15) is 8.42 Å². The fraction of sp³-hybridized carbons (Fsp3) is 0.136.